The van der Waals surface area contributed by atoms with Gasteiger partial charge in [0.05, 0.1) is 18.1 Å². The van der Waals surface area contributed by atoms with Crippen LogP contribution in [0.4, 0.5) is 4.39 Å². The summed E-state index contributed by atoms with van der Waals surface area (Å²) in [5.74, 6) is -0.243. The Morgan fingerprint density at radius 2 is 2.10 bits per heavy atom. The summed E-state index contributed by atoms with van der Waals surface area (Å²) in [5, 5.41) is 2.93. The number of rotatable bonds is 4. The smallest absolute Gasteiger partial charge is 0.260 e. The number of likely N-dealkylation sites (tertiary alicyclic amines) is 1. The van der Waals surface area contributed by atoms with Gasteiger partial charge in [0.2, 0.25) is 5.91 Å². The Bertz CT molecular complexity index is 450. The first-order chi connectivity index (χ1) is 9.89. The number of fused-ring (bicyclic) bond motifs is 2. The molecule has 0 spiro atoms. The highest BCUT2D eigenvalue weighted by molar-refractivity contribution is 5.88. The first-order valence-electron chi connectivity index (χ1n) is 7.80. The number of morpholine rings is 1. The topological polar surface area (TPSA) is 58.6 Å². The molecule has 0 radical (unpaired) electrons. The molecule has 3 rings (SSSR count). The minimum Gasteiger partial charge on any atom is -0.370 e. The molecule has 6 heteroatoms. The lowest BCUT2D eigenvalue weighted by Crippen LogP contribution is -2.50. The predicted octanol–water partition coefficient (Wildman–Crippen LogP) is 0.877. The van der Waals surface area contributed by atoms with E-state index in [-0.39, 0.29) is 24.0 Å². The average molecular weight is 298 g/mol. The summed E-state index contributed by atoms with van der Waals surface area (Å²) >= 11 is 0. The number of ether oxygens (including phenoxy) is 1. The fourth-order valence-electron chi connectivity index (χ4n) is 3.14. The van der Waals surface area contributed by atoms with Gasteiger partial charge in [-0.1, -0.05) is 13.8 Å². The normalized spacial score (nSPS) is 33.1. The van der Waals surface area contributed by atoms with Crippen molar-refractivity contribution in [1.82, 2.24) is 10.2 Å². The third-order valence-electron chi connectivity index (χ3n) is 4.54. The van der Waals surface area contributed by atoms with Gasteiger partial charge in [0.1, 0.15) is 0 Å². The van der Waals surface area contributed by atoms with Crippen molar-refractivity contribution in [3.05, 3.63) is 0 Å². The lowest BCUT2D eigenvalue weighted by molar-refractivity contribution is -0.148. The average Bonchev–Trinajstić information content (AvgIpc) is 3.12. The van der Waals surface area contributed by atoms with E-state index in [1.807, 2.05) is 13.8 Å². The lowest BCUT2D eigenvalue weighted by Gasteiger charge is -2.33. The molecule has 3 fully saturated rings. The van der Waals surface area contributed by atoms with Crippen LogP contribution in [0.1, 0.15) is 33.1 Å². The summed E-state index contributed by atoms with van der Waals surface area (Å²) < 4.78 is 19.7. The largest absolute Gasteiger partial charge is 0.370 e. The van der Waals surface area contributed by atoms with Crippen LogP contribution in [0.25, 0.3) is 0 Å². The van der Waals surface area contributed by atoms with E-state index in [1.54, 1.807) is 4.90 Å². The molecule has 118 valence electrons. The molecule has 3 aliphatic rings. The molecule has 21 heavy (non-hydrogen) atoms. The van der Waals surface area contributed by atoms with Crippen molar-refractivity contribution in [2.45, 2.75) is 51.0 Å². The van der Waals surface area contributed by atoms with Gasteiger partial charge < -0.3 is 15.0 Å². The molecule has 0 aromatic carbocycles. The zero-order valence-corrected chi connectivity index (χ0v) is 12.6. The quantitative estimate of drug-likeness (QED) is 0.838. The molecule has 1 aliphatic carbocycles. The van der Waals surface area contributed by atoms with Crippen LogP contribution in [0.5, 0.6) is 0 Å². The highest BCUT2D eigenvalue weighted by Crippen LogP contribution is 2.43. The van der Waals surface area contributed by atoms with Gasteiger partial charge in [-0.15, -0.1) is 0 Å². The van der Waals surface area contributed by atoms with E-state index in [4.69, 9.17) is 4.74 Å². The summed E-state index contributed by atoms with van der Waals surface area (Å²) in [6.07, 6.45) is 0.859. The molecule has 0 aromatic heterocycles. The van der Waals surface area contributed by atoms with Crippen LogP contribution in [0, 0.1) is 11.8 Å². The van der Waals surface area contributed by atoms with Crippen LogP contribution >= 0.6 is 0 Å². The molecule has 2 amide bonds. The molecule has 2 heterocycles. The van der Waals surface area contributed by atoms with E-state index in [9.17, 15) is 14.0 Å². The summed E-state index contributed by atoms with van der Waals surface area (Å²) in [4.78, 5) is 25.9. The third-order valence-corrected chi connectivity index (χ3v) is 4.54. The maximum absolute atomic E-state index is 13.9. The van der Waals surface area contributed by atoms with Crippen molar-refractivity contribution in [2.75, 3.05) is 19.6 Å². The van der Waals surface area contributed by atoms with Gasteiger partial charge in [-0.25, -0.2) is 4.39 Å². The highest BCUT2D eigenvalue weighted by atomic mass is 19.1. The maximum Gasteiger partial charge on any atom is 0.260 e. The van der Waals surface area contributed by atoms with Gasteiger partial charge in [-0.3, -0.25) is 9.59 Å². The SMILES string of the molecule is CC(C)CNC(=O)C1CC2CN(C(=O)C3(F)CC3)CC1O2. The van der Waals surface area contributed by atoms with Crippen molar-refractivity contribution in [1.29, 1.82) is 0 Å². The Labute approximate surface area is 124 Å². The van der Waals surface area contributed by atoms with Gasteiger partial charge in [-0.05, 0) is 25.2 Å². The van der Waals surface area contributed by atoms with Gasteiger partial charge in [0.15, 0.2) is 5.67 Å². The molecule has 3 atom stereocenters. The van der Waals surface area contributed by atoms with E-state index in [1.165, 1.54) is 0 Å². The molecule has 1 N–H and O–H groups in total. The van der Waals surface area contributed by atoms with Crippen LogP contribution in [0.2, 0.25) is 0 Å². The van der Waals surface area contributed by atoms with Crippen molar-refractivity contribution < 1.29 is 18.7 Å². The summed E-state index contributed by atoms with van der Waals surface area (Å²) in [5.41, 5.74) is -1.63. The van der Waals surface area contributed by atoms with Crippen LogP contribution in [-0.2, 0) is 14.3 Å². The Balaban J connectivity index is 1.59. The maximum atomic E-state index is 13.9. The second-order valence-corrected chi connectivity index (χ2v) is 6.95. The molecule has 3 unspecified atom stereocenters. The second-order valence-electron chi connectivity index (χ2n) is 6.95. The minimum atomic E-state index is -1.63. The van der Waals surface area contributed by atoms with E-state index < -0.39 is 11.6 Å². The molecular weight excluding hydrogens is 275 g/mol. The van der Waals surface area contributed by atoms with Crippen LogP contribution < -0.4 is 5.32 Å². The van der Waals surface area contributed by atoms with Crippen molar-refractivity contribution in [3.63, 3.8) is 0 Å². The number of hydrogen-bond donors (Lipinski definition) is 1. The first kappa shape index (κ1) is 14.8. The van der Waals surface area contributed by atoms with Crippen molar-refractivity contribution >= 4 is 11.8 Å². The lowest BCUT2D eigenvalue weighted by atomic mass is 9.99. The van der Waals surface area contributed by atoms with E-state index in [2.05, 4.69) is 5.32 Å². The number of alkyl halides is 1. The molecule has 2 aliphatic heterocycles. The Hall–Kier alpha value is -1.17. The Morgan fingerprint density at radius 1 is 1.38 bits per heavy atom. The van der Waals surface area contributed by atoms with Gasteiger partial charge in [-0.2, -0.15) is 0 Å². The first-order valence-corrected chi connectivity index (χ1v) is 7.80. The fourth-order valence-corrected chi connectivity index (χ4v) is 3.14. The molecule has 1 saturated carbocycles. The number of halogens is 1. The highest BCUT2D eigenvalue weighted by Gasteiger charge is 2.55. The number of carbonyl (C=O) groups is 2. The number of nitrogens with one attached hydrogen (secondary N) is 1. The van der Waals surface area contributed by atoms with Gasteiger partial charge >= 0.3 is 0 Å². The van der Waals surface area contributed by atoms with Gasteiger partial charge in [0, 0.05) is 19.6 Å². The second kappa shape index (κ2) is 5.23. The zero-order valence-electron chi connectivity index (χ0n) is 12.6. The standard InChI is InChI=1S/C15H23FN2O3/c1-9(2)6-17-13(19)11-5-10-7-18(8-12(11)21-10)14(20)15(16)3-4-15/h9-12H,3-8H2,1-2H3,(H,17,19). The monoisotopic (exact) mass is 298 g/mol. The van der Waals surface area contributed by atoms with Crippen LogP contribution in [0.3, 0.4) is 0 Å². The van der Waals surface area contributed by atoms with E-state index >= 15 is 0 Å². The zero-order chi connectivity index (χ0) is 15.2. The number of carbonyl (C=O) groups excluding carboxylic acids is 2. The minimum absolute atomic E-state index is 0.00752. The van der Waals surface area contributed by atoms with Crippen LogP contribution in [-0.4, -0.2) is 54.2 Å². The van der Waals surface area contributed by atoms with Crippen molar-refractivity contribution in [2.24, 2.45) is 11.8 Å². The Morgan fingerprint density at radius 3 is 2.71 bits per heavy atom. The van der Waals surface area contributed by atoms with Gasteiger partial charge in [0.25, 0.3) is 5.91 Å². The van der Waals surface area contributed by atoms with Crippen molar-refractivity contribution in [3.8, 4) is 0 Å². The number of amides is 2. The molecular formula is C15H23FN2O3. The number of hydrogen-bond acceptors (Lipinski definition) is 3. The molecule has 2 saturated heterocycles. The molecule has 2 bridgehead atoms. The third kappa shape index (κ3) is 2.91. The fraction of sp³-hybridized carbons (Fsp3) is 0.867. The molecule has 5 nitrogen and oxygen atoms in total. The van der Waals surface area contributed by atoms with E-state index in [0.29, 0.717) is 44.8 Å². The molecule has 0 aromatic rings. The number of nitrogens with zero attached hydrogens (tertiary/aromatic N) is 1. The van der Waals surface area contributed by atoms with Crippen LogP contribution in [0.15, 0.2) is 0 Å². The summed E-state index contributed by atoms with van der Waals surface area (Å²) in [7, 11) is 0. The summed E-state index contributed by atoms with van der Waals surface area (Å²) in [6, 6.07) is 0. The Kier molecular flexibility index (Phi) is 3.67. The van der Waals surface area contributed by atoms with E-state index in [0.717, 1.165) is 0 Å². The predicted molar refractivity (Wildman–Crippen MR) is 74.3 cm³/mol. The summed E-state index contributed by atoms with van der Waals surface area (Å²) in [6.45, 7) is 5.47.